The zero-order valence-corrected chi connectivity index (χ0v) is 11.2. The molecule has 17 heavy (non-hydrogen) atoms. The summed E-state index contributed by atoms with van der Waals surface area (Å²) in [6, 6.07) is 5.71. The van der Waals surface area contributed by atoms with Crippen molar-refractivity contribution in [3.05, 3.63) is 28.8 Å². The molecule has 0 bridgehead atoms. The van der Waals surface area contributed by atoms with Crippen LogP contribution >= 0.6 is 11.6 Å². The van der Waals surface area contributed by atoms with Crippen LogP contribution < -0.4 is 10.1 Å². The Morgan fingerprint density at radius 3 is 2.71 bits per heavy atom. The van der Waals surface area contributed by atoms with Gasteiger partial charge in [-0.3, -0.25) is 0 Å². The van der Waals surface area contributed by atoms with Gasteiger partial charge >= 0.3 is 0 Å². The van der Waals surface area contributed by atoms with E-state index in [-0.39, 0.29) is 0 Å². The van der Waals surface area contributed by atoms with Gasteiger partial charge in [0.25, 0.3) is 0 Å². The molecule has 0 heterocycles. The zero-order valence-electron chi connectivity index (χ0n) is 10.5. The van der Waals surface area contributed by atoms with Gasteiger partial charge in [-0.05, 0) is 38.1 Å². The van der Waals surface area contributed by atoms with Crippen LogP contribution in [0.5, 0.6) is 5.75 Å². The van der Waals surface area contributed by atoms with E-state index in [0.717, 1.165) is 42.3 Å². The number of benzene rings is 1. The summed E-state index contributed by atoms with van der Waals surface area (Å²) in [5, 5.41) is 3.84. The lowest BCUT2D eigenvalue weighted by molar-refractivity contribution is 0.184. The molecule has 0 saturated heterocycles. The number of halogens is 1. The Bertz CT molecular complexity index is 331. The van der Waals surface area contributed by atoms with Crippen LogP contribution in [-0.4, -0.2) is 27.4 Å². The van der Waals surface area contributed by atoms with Crippen molar-refractivity contribution < 1.29 is 9.47 Å². The minimum atomic E-state index is 0.710. The Hall–Kier alpha value is -0.770. The first kappa shape index (κ1) is 14.3. The van der Waals surface area contributed by atoms with Gasteiger partial charge in [-0.25, -0.2) is 0 Å². The maximum Gasteiger partial charge on any atom is 0.123 e. The van der Waals surface area contributed by atoms with E-state index >= 15 is 0 Å². The van der Waals surface area contributed by atoms with Crippen molar-refractivity contribution in [2.75, 3.05) is 27.4 Å². The lowest BCUT2D eigenvalue weighted by Crippen LogP contribution is -2.08. The van der Waals surface area contributed by atoms with Crippen molar-refractivity contribution >= 4 is 11.6 Å². The molecule has 0 radical (unpaired) electrons. The molecule has 1 rings (SSSR count). The Balaban J connectivity index is 2.45. The Morgan fingerprint density at radius 1 is 1.24 bits per heavy atom. The maximum absolute atomic E-state index is 5.96. The summed E-state index contributed by atoms with van der Waals surface area (Å²) in [4.78, 5) is 0. The van der Waals surface area contributed by atoms with Crippen molar-refractivity contribution in [2.24, 2.45) is 0 Å². The van der Waals surface area contributed by atoms with Crippen LogP contribution in [0.15, 0.2) is 18.2 Å². The smallest absolute Gasteiger partial charge is 0.123 e. The van der Waals surface area contributed by atoms with E-state index in [1.807, 2.05) is 25.2 Å². The Morgan fingerprint density at radius 2 is 2.00 bits per heavy atom. The highest BCUT2D eigenvalue weighted by atomic mass is 35.5. The Kier molecular flexibility index (Phi) is 7.01. The second-order valence-corrected chi connectivity index (χ2v) is 4.27. The maximum atomic E-state index is 5.96. The van der Waals surface area contributed by atoms with E-state index in [9.17, 15) is 0 Å². The molecular weight excluding hydrogens is 238 g/mol. The van der Waals surface area contributed by atoms with Crippen molar-refractivity contribution in [1.82, 2.24) is 5.32 Å². The van der Waals surface area contributed by atoms with Gasteiger partial charge in [0.2, 0.25) is 0 Å². The van der Waals surface area contributed by atoms with E-state index in [0.29, 0.717) is 6.61 Å². The van der Waals surface area contributed by atoms with Gasteiger partial charge in [0.05, 0.1) is 6.61 Å². The standard InChI is InChI=1S/C13H20ClNO2/c1-15-10-11-9-12(14)5-6-13(11)17-8-4-3-7-16-2/h5-6,9,15H,3-4,7-8,10H2,1-2H3. The van der Waals surface area contributed by atoms with Gasteiger partial charge in [0.1, 0.15) is 5.75 Å². The molecule has 0 aliphatic heterocycles. The highest BCUT2D eigenvalue weighted by Crippen LogP contribution is 2.23. The normalized spacial score (nSPS) is 10.5. The molecule has 0 atom stereocenters. The number of rotatable bonds is 8. The van der Waals surface area contributed by atoms with Gasteiger partial charge < -0.3 is 14.8 Å². The number of nitrogens with one attached hydrogen (secondary N) is 1. The van der Waals surface area contributed by atoms with Crippen molar-refractivity contribution in [3.8, 4) is 5.75 Å². The number of methoxy groups -OCH3 is 1. The Labute approximate surface area is 108 Å². The largest absolute Gasteiger partial charge is 0.493 e. The van der Waals surface area contributed by atoms with E-state index < -0.39 is 0 Å². The molecule has 0 spiro atoms. The molecule has 96 valence electrons. The molecule has 1 aromatic rings. The zero-order chi connectivity index (χ0) is 12.5. The van der Waals surface area contributed by atoms with E-state index in [2.05, 4.69) is 5.32 Å². The SMILES string of the molecule is CNCc1cc(Cl)ccc1OCCCCOC. The third kappa shape index (κ3) is 5.39. The first-order valence-electron chi connectivity index (χ1n) is 5.82. The predicted octanol–water partition coefficient (Wildman–Crippen LogP) is 2.86. The monoisotopic (exact) mass is 257 g/mol. The summed E-state index contributed by atoms with van der Waals surface area (Å²) in [7, 11) is 3.62. The fraction of sp³-hybridized carbons (Fsp3) is 0.538. The topological polar surface area (TPSA) is 30.5 Å². The number of ether oxygens (including phenoxy) is 2. The second kappa shape index (κ2) is 8.34. The lowest BCUT2D eigenvalue weighted by atomic mass is 10.2. The average Bonchev–Trinajstić information content (AvgIpc) is 2.32. The van der Waals surface area contributed by atoms with Crippen LogP contribution in [0.2, 0.25) is 5.02 Å². The lowest BCUT2D eigenvalue weighted by Gasteiger charge is -2.11. The highest BCUT2D eigenvalue weighted by molar-refractivity contribution is 6.30. The molecule has 0 aliphatic carbocycles. The molecule has 3 nitrogen and oxygen atoms in total. The molecular formula is C13H20ClNO2. The van der Waals surface area contributed by atoms with E-state index in [4.69, 9.17) is 21.1 Å². The van der Waals surface area contributed by atoms with Crippen molar-refractivity contribution in [1.29, 1.82) is 0 Å². The fourth-order valence-electron chi connectivity index (χ4n) is 1.55. The van der Waals surface area contributed by atoms with Crippen LogP contribution in [0.25, 0.3) is 0 Å². The van der Waals surface area contributed by atoms with Gasteiger partial charge in [0, 0.05) is 30.8 Å². The molecule has 4 heteroatoms. The molecule has 0 amide bonds. The van der Waals surface area contributed by atoms with Crippen LogP contribution in [0, 0.1) is 0 Å². The van der Waals surface area contributed by atoms with Crippen LogP contribution in [0.4, 0.5) is 0 Å². The van der Waals surface area contributed by atoms with E-state index in [1.54, 1.807) is 7.11 Å². The second-order valence-electron chi connectivity index (χ2n) is 3.83. The first-order valence-corrected chi connectivity index (χ1v) is 6.20. The number of hydrogen-bond donors (Lipinski definition) is 1. The summed E-state index contributed by atoms with van der Waals surface area (Å²) in [5.74, 6) is 0.904. The van der Waals surface area contributed by atoms with Crippen LogP contribution in [0.1, 0.15) is 18.4 Å². The molecule has 1 aromatic carbocycles. The predicted molar refractivity (Wildman–Crippen MR) is 70.8 cm³/mol. The fourth-order valence-corrected chi connectivity index (χ4v) is 1.74. The molecule has 0 aromatic heterocycles. The highest BCUT2D eigenvalue weighted by Gasteiger charge is 2.03. The molecule has 0 unspecified atom stereocenters. The third-order valence-corrected chi connectivity index (χ3v) is 2.63. The van der Waals surface area contributed by atoms with Crippen LogP contribution in [0.3, 0.4) is 0 Å². The number of hydrogen-bond acceptors (Lipinski definition) is 3. The molecule has 0 fully saturated rings. The average molecular weight is 258 g/mol. The van der Waals surface area contributed by atoms with Crippen molar-refractivity contribution in [2.45, 2.75) is 19.4 Å². The third-order valence-electron chi connectivity index (χ3n) is 2.39. The van der Waals surface area contributed by atoms with Gasteiger partial charge in [-0.1, -0.05) is 11.6 Å². The summed E-state index contributed by atoms with van der Waals surface area (Å²) < 4.78 is 10.7. The summed E-state index contributed by atoms with van der Waals surface area (Å²) in [5.41, 5.74) is 1.09. The summed E-state index contributed by atoms with van der Waals surface area (Å²) in [6.07, 6.45) is 2.01. The summed E-state index contributed by atoms with van der Waals surface area (Å²) in [6.45, 7) is 2.25. The van der Waals surface area contributed by atoms with Gasteiger partial charge in [-0.15, -0.1) is 0 Å². The molecule has 0 aliphatic rings. The quantitative estimate of drug-likeness (QED) is 0.727. The first-order chi connectivity index (χ1) is 8.27. The molecule has 0 saturated carbocycles. The summed E-state index contributed by atoms with van der Waals surface area (Å²) >= 11 is 5.96. The van der Waals surface area contributed by atoms with E-state index in [1.165, 1.54) is 0 Å². The number of unbranched alkanes of at least 4 members (excludes halogenated alkanes) is 1. The van der Waals surface area contributed by atoms with Gasteiger partial charge in [-0.2, -0.15) is 0 Å². The minimum absolute atomic E-state index is 0.710. The van der Waals surface area contributed by atoms with Crippen molar-refractivity contribution in [3.63, 3.8) is 0 Å². The van der Waals surface area contributed by atoms with Gasteiger partial charge in [0.15, 0.2) is 0 Å². The minimum Gasteiger partial charge on any atom is -0.493 e. The van der Waals surface area contributed by atoms with Crippen LogP contribution in [-0.2, 0) is 11.3 Å². The molecule has 1 N–H and O–H groups in total.